The van der Waals surface area contributed by atoms with Gasteiger partial charge in [-0.15, -0.1) is 0 Å². The van der Waals surface area contributed by atoms with Crippen LogP contribution in [0.15, 0.2) is 18.2 Å². The van der Waals surface area contributed by atoms with Gasteiger partial charge in [0, 0.05) is 32.8 Å². The number of rotatable bonds is 6. The summed E-state index contributed by atoms with van der Waals surface area (Å²) in [7, 11) is 1.68. The molecule has 1 fully saturated rings. The van der Waals surface area contributed by atoms with E-state index in [1.54, 1.807) is 13.2 Å². The minimum Gasteiger partial charge on any atom is -0.383 e. The van der Waals surface area contributed by atoms with Crippen molar-refractivity contribution in [1.29, 1.82) is 0 Å². The van der Waals surface area contributed by atoms with Gasteiger partial charge in [0.2, 0.25) is 0 Å². The molecule has 2 rings (SSSR count). The molecule has 1 aliphatic heterocycles. The molecular weight excluding hydrogens is 267 g/mol. The Hall–Kier alpha value is -1.13. The molecule has 21 heavy (non-hydrogen) atoms. The lowest BCUT2D eigenvalue weighted by atomic mass is 9.99. The Balaban J connectivity index is 2.02. The van der Waals surface area contributed by atoms with Crippen LogP contribution in [-0.4, -0.2) is 33.4 Å². The van der Waals surface area contributed by atoms with Crippen LogP contribution in [0.5, 0.6) is 0 Å². The summed E-state index contributed by atoms with van der Waals surface area (Å²) in [5.74, 6) is 0.537. The predicted octanol–water partition coefficient (Wildman–Crippen LogP) is 3.36. The lowest BCUT2D eigenvalue weighted by molar-refractivity contribution is 0.196. The summed E-state index contributed by atoms with van der Waals surface area (Å²) in [6.07, 6.45) is 2.40. The first kappa shape index (κ1) is 16.2. The van der Waals surface area contributed by atoms with Gasteiger partial charge in [-0.1, -0.05) is 13.0 Å². The Morgan fingerprint density at radius 3 is 2.95 bits per heavy atom. The third-order valence-electron chi connectivity index (χ3n) is 4.23. The second-order valence-electron chi connectivity index (χ2n) is 6.07. The second kappa shape index (κ2) is 7.76. The standard InChI is InChI=1S/C17H27FN2O/c1-13-5-4-9-20(12-13)17-7-6-15(11-16(17)18)14(2)19-8-10-21-3/h6-7,11,13-14,19H,4-5,8-10,12H2,1-3H3/t13-,14+/m0/s1. The average molecular weight is 294 g/mol. The number of ether oxygens (including phenoxy) is 1. The van der Waals surface area contributed by atoms with Crippen LogP contribution < -0.4 is 10.2 Å². The van der Waals surface area contributed by atoms with Gasteiger partial charge in [0.25, 0.3) is 0 Å². The highest BCUT2D eigenvalue weighted by molar-refractivity contribution is 5.50. The number of nitrogens with one attached hydrogen (secondary N) is 1. The van der Waals surface area contributed by atoms with Crippen molar-refractivity contribution >= 4 is 5.69 Å². The maximum Gasteiger partial charge on any atom is 0.146 e. The Morgan fingerprint density at radius 1 is 1.48 bits per heavy atom. The van der Waals surface area contributed by atoms with Crippen LogP contribution in [0.1, 0.15) is 38.3 Å². The quantitative estimate of drug-likeness (QED) is 0.814. The van der Waals surface area contributed by atoms with Crippen LogP contribution >= 0.6 is 0 Å². The van der Waals surface area contributed by atoms with Crippen molar-refractivity contribution in [1.82, 2.24) is 5.32 Å². The number of hydrogen-bond acceptors (Lipinski definition) is 3. The first-order chi connectivity index (χ1) is 10.1. The largest absolute Gasteiger partial charge is 0.383 e. The number of nitrogens with zero attached hydrogens (tertiary/aromatic N) is 1. The number of piperidine rings is 1. The van der Waals surface area contributed by atoms with E-state index in [9.17, 15) is 4.39 Å². The molecule has 1 heterocycles. The fourth-order valence-corrected chi connectivity index (χ4v) is 2.95. The van der Waals surface area contributed by atoms with E-state index in [2.05, 4.69) is 17.1 Å². The number of hydrogen-bond donors (Lipinski definition) is 1. The summed E-state index contributed by atoms with van der Waals surface area (Å²) in [5, 5.41) is 3.33. The average Bonchev–Trinajstić information content (AvgIpc) is 2.47. The van der Waals surface area contributed by atoms with E-state index in [-0.39, 0.29) is 11.9 Å². The summed E-state index contributed by atoms with van der Waals surface area (Å²) in [6.45, 7) is 7.63. The molecule has 0 aromatic heterocycles. The molecule has 1 saturated heterocycles. The molecule has 4 heteroatoms. The molecule has 0 bridgehead atoms. The van der Waals surface area contributed by atoms with E-state index in [0.29, 0.717) is 12.5 Å². The molecule has 1 aromatic carbocycles. The summed E-state index contributed by atoms with van der Waals surface area (Å²) in [5.41, 5.74) is 1.73. The second-order valence-corrected chi connectivity index (χ2v) is 6.07. The summed E-state index contributed by atoms with van der Waals surface area (Å²) in [6, 6.07) is 5.75. The van der Waals surface area contributed by atoms with Crippen LogP contribution in [0.3, 0.4) is 0 Å². The highest BCUT2D eigenvalue weighted by Crippen LogP contribution is 2.27. The Bertz CT molecular complexity index is 452. The molecule has 0 spiro atoms. The summed E-state index contributed by atoms with van der Waals surface area (Å²) >= 11 is 0. The van der Waals surface area contributed by atoms with Gasteiger partial charge < -0.3 is 15.0 Å². The van der Waals surface area contributed by atoms with E-state index in [1.165, 1.54) is 6.42 Å². The minimum absolute atomic E-state index is 0.109. The Morgan fingerprint density at radius 2 is 2.29 bits per heavy atom. The van der Waals surface area contributed by atoms with Crippen molar-refractivity contribution in [3.05, 3.63) is 29.6 Å². The molecule has 2 atom stereocenters. The molecule has 1 N–H and O–H groups in total. The predicted molar refractivity (Wildman–Crippen MR) is 85.3 cm³/mol. The Kier molecular flexibility index (Phi) is 6.00. The summed E-state index contributed by atoms with van der Waals surface area (Å²) in [4.78, 5) is 2.18. The Labute approximate surface area is 127 Å². The fourth-order valence-electron chi connectivity index (χ4n) is 2.95. The minimum atomic E-state index is -0.109. The normalized spacial score (nSPS) is 20.6. The molecule has 118 valence electrons. The zero-order valence-corrected chi connectivity index (χ0v) is 13.4. The van der Waals surface area contributed by atoms with E-state index in [4.69, 9.17) is 4.74 Å². The lowest BCUT2D eigenvalue weighted by Gasteiger charge is -2.33. The van der Waals surface area contributed by atoms with Crippen molar-refractivity contribution in [3.63, 3.8) is 0 Å². The fraction of sp³-hybridized carbons (Fsp3) is 0.647. The highest BCUT2D eigenvalue weighted by Gasteiger charge is 2.19. The van der Waals surface area contributed by atoms with Gasteiger partial charge in [-0.2, -0.15) is 0 Å². The molecular formula is C17H27FN2O. The van der Waals surface area contributed by atoms with Crippen molar-refractivity contribution in [2.75, 3.05) is 38.3 Å². The van der Waals surface area contributed by atoms with Gasteiger partial charge in [-0.05, 0) is 43.4 Å². The zero-order valence-electron chi connectivity index (χ0n) is 13.4. The third-order valence-corrected chi connectivity index (χ3v) is 4.23. The number of methoxy groups -OCH3 is 1. The topological polar surface area (TPSA) is 24.5 Å². The first-order valence-electron chi connectivity index (χ1n) is 7.88. The maximum absolute atomic E-state index is 14.4. The maximum atomic E-state index is 14.4. The molecule has 0 saturated carbocycles. The first-order valence-corrected chi connectivity index (χ1v) is 7.88. The zero-order chi connectivity index (χ0) is 15.2. The number of benzene rings is 1. The van der Waals surface area contributed by atoms with E-state index in [0.717, 1.165) is 37.3 Å². The van der Waals surface area contributed by atoms with E-state index < -0.39 is 0 Å². The highest BCUT2D eigenvalue weighted by atomic mass is 19.1. The lowest BCUT2D eigenvalue weighted by Crippen LogP contribution is -2.34. The third kappa shape index (κ3) is 4.42. The molecule has 1 aromatic rings. The van der Waals surface area contributed by atoms with E-state index in [1.807, 2.05) is 19.1 Å². The van der Waals surface area contributed by atoms with Gasteiger partial charge in [-0.25, -0.2) is 4.39 Å². The summed E-state index contributed by atoms with van der Waals surface area (Å²) < 4.78 is 19.4. The van der Waals surface area contributed by atoms with Crippen LogP contribution in [-0.2, 0) is 4.74 Å². The molecule has 3 nitrogen and oxygen atoms in total. The number of halogens is 1. The molecule has 0 aliphatic carbocycles. The monoisotopic (exact) mass is 294 g/mol. The van der Waals surface area contributed by atoms with Gasteiger partial charge in [0.1, 0.15) is 5.82 Å². The molecule has 0 unspecified atom stereocenters. The van der Waals surface area contributed by atoms with Crippen molar-refractivity contribution in [2.45, 2.75) is 32.7 Å². The van der Waals surface area contributed by atoms with Gasteiger partial charge in [-0.3, -0.25) is 0 Å². The SMILES string of the molecule is COCCN[C@H](C)c1ccc(N2CCC[C@H](C)C2)c(F)c1. The van der Waals surface area contributed by atoms with Crippen LogP contribution in [0, 0.1) is 11.7 Å². The molecule has 0 radical (unpaired) electrons. The number of anilines is 1. The van der Waals surface area contributed by atoms with Crippen LogP contribution in [0.2, 0.25) is 0 Å². The van der Waals surface area contributed by atoms with Gasteiger partial charge >= 0.3 is 0 Å². The van der Waals surface area contributed by atoms with Gasteiger partial charge in [0.15, 0.2) is 0 Å². The van der Waals surface area contributed by atoms with Crippen LogP contribution in [0.4, 0.5) is 10.1 Å². The van der Waals surface area contributed by atoms with Crippen molar-refractivity contribution in [3.8, 4) is 0 Å². The van der Waals surface area contributed by atoms with Crippen LogP contribution in [0.25, 0.3) is 0 Å². The van der Waals surface area contributed by atoms with Crippen molar-refractivity contribution in [2.24, 2.45) is 5.92 Å². The van der Waals surface area contributed by atoms with Crippen molar-refractivity contribution < 1.29 is 9.13 Å². The van der Waals surface area contributed by atoms with E-state index >= 15 is 0 Å². The molecule has 0 amide bonds. The smallest absolute Gasteiger partial charge is 0.146 e. The molecule has 1 aliphatic rings. The van der Waals surface area contributed by atoms with Gasteiger partial charge in [0.05, 0.1) is 12.3 Å².